The number of halogens is 3. The van der Waals surface area contributed by atoms with E-state index in [2.05, 4.69) is 5.32 Å². The van der Waals surface area contributed by atoms with E-state index in [1.165, 1.54) is 12.1 Å². The standard InChI is InChI=1S/C19H17F3N2O2S/c1-27-6-2-5-24-14-4-3-10(7-11(14)20)16-9-15(25)17-18(23)12(21)8-13(22)19(17)26-16/h3-4,7-9,24H,2,5-6,23H2,1H3. The minimum Gasteiger partial charge on any atom is -0.453 e. The number of nitrogen functional groups attached to an aromatic ring is 1. The molecule has 142 valence electrons. The lowest BCUT2D eigenvalue weighted by molar-refractivity contribution is 0.546. The third-order valence-corrected chi connectivity index (χ3v) is 4.74. The topological polar surface area (TPSA) is 68.3 Å². The van der Waals surface area contributed by atoms with Gasteiger partial charge in [-0.2, -0.15) is 11.8 Å². The highest BCUT2D eigenvalue weighted by Crippen LogP contribution is 2.30. The Hall–Kier alpha value is -2.61. The molecule has 0 fully saturated rings. The van der Waals surface area contributed by atoms with Crippen LogP contribution in [0.3, 0.4) is 0 Å². The first-order chi connectivity index (χ1) is 12.9. The fraction of sp³-hybridized carbons (Fsp3) is 0.211. The van der Waals surface area contributed by atoms with Crippen molar-refractivity contribution < 1.29 is 17.6 Å². The highest BCUT2D eigenvalue weighted by molar-refractivity contribution is 7.98. The van der Waals surface area contributed by atoms with Crippen LogP contribution < -0.4 is 16.5 Å². The lowest BCUT2D eigenvalue weighted by atomic mass is 10.1. The summed E-state index contributed by atoms with van der Waals surface area (Å²) in [4.78, 5) is 12.3. The largest absolute Gasteiger partial charge is 0.453 e. The van der Waals surface area contributed by atoms with Crippen molar-refractivity contribution in [3.05, 3.63) is 58.0 Å². The summed E-state index contributed by atoms with van der Waals surface area (Å²) in [7, 11) is 0. The molecule has 2 aromatic carbocycles. The highest BCUT2D eigenvalue weighted by Gasteiger charge is 2.17. The van der Waals surface area contributed by atoms with Crippen molar-refractivity contribution in [3.8, 4) is 11.3 Å². The lowest BCUT2D eigenvalue weighted by Crippen LogP contribution is -2.07. The number of thioether (sulfide) groups is 1. The van der Waals surface area contributed by atoms with Crippen LogP contribution in [0, 0.1) is 17.5 Å². The van der Waals surface area contributed by atoms with Crippen LogP contribution in [0.1, 0.15) is 6.42 Å². The lowest BCUT2D eigenvalue weighted by Gasteiger charge is -2.10. The third kappa shape index (κ3) is 3.90. The first-order valence-corrected chi connectivity index (χ1v) is 9.56. The van der Waals surface area contributed by atoms with Gasteiger partial charge in [0.2, 0.25) is 0 Å². The Morgan fingerprint density at radius 2 is 1.89 bits per heavy atom. The molecule has 0 saturated carbocycles. The number of hydrogen-bond donors (Lipinski definition) is 2. The first kappa shape index (κ1) is 19.2. The number of benzene rings is 2. The Morgan fingerprint density at radius 3 is 2.59 bits per heavy atom. The molecule has 27 heavy (non-hydrogen) atoms. The fourth-order valence-corrected chi connectivity index (χ4v) is 3.12. The van der Waals surface area contributed by atoms with E-state index in [1.807, 2.05) is 6.26 Å². The molecule has 0 saturated heterocycles. The van der Waals surface area contributed by atoms with Crippen LogP contribution in [-0.2, 0) is 0 Å². The van der Waals surface area contributed by atoms with E-state index >= 15 is 0 Å². The molecule has 0 amide bonds. The van der Waals surface area contributed by atoms with Crippen LogP contribution in [0.2, 0.25) is 0 Å². The molecule has 0 aliphatic heterocycles. The molecule has 1 aromatic heterocycles. The molecule has 0 aliphatic carbocycles. The smallest absolute Gasteiger partial charge is 0.195 e. The molecule has 0 unspecified atom stereocenters. The number of nitrogens with one attached hydrogen (secondary N) is 1. The van der Waals surface area contributed by atoms with Crippen LogP contribution in [0.15, 0.2) is 39.5 Å². The van der Waals surface area contributed by atoms with E-state index in [4.69, 9.17) is 10.2 Å². The van der Waals surface area contributed by atoms with Gasteiger partial charge in [-0.1, -0.05) is 0 Å². The molecule has 0 spiro atoms. The maximum absolute atomic E-state index is 14.3. The van der Waals surface area contributed by atoms with Gasteiger partial charge in [-0.05, 0) is 36.6 Å². The Kier molecular flexibility index (Phi) is 5.65. The van der Waals surface area contributed by atoms with Crippen LogP contribution in [0.25, 0.3) is 22.3 Å². The second kappa shape index (κ2) is 7.96. The van der Waals surface area contributed by atoms with Crippen LogP contribution in [-0.4, -0.2) is 18.6 Å². The molecule has 3 rings (SSSR count). The Balaban J connectivity index is 1.98. The molecular weight excluding hydrogens is 377 g/mol. The van der Waals surface area contributed by atoms with Gasteiger partial charge in [0, 0.05) is 24.2 Å². The van der Waals surface area contributed by atoms with Crippen molar-refractivity contribution in [2.24, 2.45) is 0 Å². The fourth-order valence-electron chi connectivity index (χ4n) is 2.68. The maximum Gasteiger partial charge on any atom is 0.195 e. The van der Waals surface area contributed by atoms with E-state index in [-0.39, 0.29) is 16.7 Å². The van der Waals surface area contributed by atoms with Gasteiger partial charge in [0.05, 0.1) is 16.8 Å². The highest BCUT2D eigenvalue weighted by atomic mass is 32.2. The van der Waals surface area contributed by atoms with Gasteiger partial charge in [-0.3, -0.25) is 4.79 Å². The Morgan fingerprint density at radius 1 is 1.11 bits per heavy atom. The number of anilines is 2. The molecule has 0 aliphatic rings. The summed E-state index contributed by atoms with van der Waals surface area (Å²) in [6.45, 7) is 0.623. The van der Waals surface area contributed by atoms with Crippen LogP contribution in [0.4, 0.5) is 24.5 Å². The van der Waals surface area contributed by atoms with Crippen molar-refractivity contribution in [3.63, 3.8) is 0 Å². The molecular formula is C19H17F3N2O2S. The minimum absolute atomic E-state index is 0.0368. The van der Waals surface area contributed by atoms with Gasteiger partial charge in [-0.25, -0.2) is 13.2 Å². The van der Waals surface area contributed by atoms with Crippen molar-refractivity contribution >= 4 is 34.1 Å². The molecule has 3 N–H and O–H groups in total. The number of fused-ring (bicyclic) bond motifs is 1. The third-order valence-electron chi connectivity index (χ3n) is 4.04. The summed E-state index contributed by atoms with van der Waals surface area (Å²) in [5.41, 5.74) is 4.44. The average molecular weight is 394 g/mol. The van der Waals surface area contributed by atoms with Crippen molar-refractivity contribution in [1.29, 1.82) is 0 Å². The normalized spacial score (nSPS) is 11.1. The quantitative estimate of drug-likeness (QED) is 0.472. The predicted molar refractivity (Wildman–Crippen MR) is 104 cm³/mol. The van der Waals surface area contributed by atoms with Gasteiger partial charge in [-0.15, -0.1) is 0 Å². The summed E-state index contributed by atoms with van der Waals surface area (Å²) >= 11 is 1.71. The van der Waals surface area contributed by atoms with E-state index in [0.29, 0.717) is 18.3 Å². The van der Waals surface area contributed by atoms with E-state index < -0.39 is 34.2 Å². The molecule has 0 bridgehead atoms. The molecule has 8 heteroatoms. The van der Waals surface area contributed by atoms with Gasteiger partial charge in [0.25, 0.3) is 0 Å². The zero-order chi connectivity index (χ0) is 19.6. The predicted octanol–water partition coefficient (Wildman–Crippen LogP) is 4.62. The zero-order valence-electron chi connectivity index (χ0n) is 14.4. The summed E-state index contributed by atoms with van der Waals surface area (Å²) in [5, 5.41) is 2.62. The van der Waals surface area contributed by atoms with E-state index in [1.54, 1.807) is 17.8 Å². The van der Waals surface area contributed by atoms with Gasteiger partial charge in [0.1, 0.15) is 17.4 Å². The van der Waals surface area contributed by atoms with Crippen molar-refractivity contribution in [2.45, 2.75) is 6.42 Å². The summed E-state index contributed by atoms with van der Waals surface area (Å²) in [5.74, 6) is -1.69. The summed E-state index contributed by atoms with van der Waals surface area (Å²) in [6, 6.07) is 5.84. The average Bonchev–Trinajstić information content (AvgIpc) is 2.64. The van der Waals surface area contributed by atoms with Gasteiger partial charge >= 0.3 is 0 Å². The number of hydrogen-bond acceptors (Lipinski definition) is 5. The maximum atomic E-state index is 14.3. The zero-order valence-corrected chi connectivity index (χ0v) is 15.3. The first-order valence-electron chi connectivity index (χ1n) is 8.16. The molecule has 3 aromatic rings. The van der Waals surface area contributed by atoms with Gasteiger partial charge < -0.3 is 15.5 Å². The van der Waals surface area contributed by atoms with Crippen LogP contribution >= 0.6 is 11.8 Å². The monoisotopic (exact) mass is 394 g/mol. The molecule has 4 nitrogen and oxygen atoms in total. The number of rotatable bonds is 6. The van der Waals surface area contributed by atoms with E-state index in [0.717, 1.165) is 18.2 Å². The molecule has 1 heterocycles. The minimum atomic E-state index is -1.05. The SMILES string of the molecule is CSCCCNc1ccc(-c2cc(=O)c3c(N)c(F)cc(F)c3o2)cc1F. The van der Waals surface area contributed by atoms with E-state index in [9.17, 15) is 18.0 Å². The Labute approximate surface area is 157 Å². The molecule has 0 atom stereocenters. The van der Waals surface area contributed by atoms with Gasteiger partial charge in [0.15, 0.2) is 16.8 Å². The number of nitrogens with two attached hydrogens (primary N) is 1. The summed E-state index contributed by atoms with van der Waals surface area (Å²) < 4.78 is 47.3. The summed E-state index contributed by atoms with van der Waals surface area (Å²) in [6.07, 6.45) is 2.89. The molecule has 0 radical (unpaired) electrons. The second-order valence-electron chi connectivity index (χ2n) is 5.90. The van der Waals surface area contributed by atoms with Crippen molar-refractivity contribution in [2.75, 3.05) is 29.6 Å². The second-order valence-corrected chi connectivity index (χ2v) is 6.89. The Bertz CT molecular complexity index is 1050. The van der Waals surface area contributed by atoms with Crippen LogP contribution in [0.5, 0.6) is 0 Å². The van der Waals surface area contributed by atoms with Crippen molar-refractivity contribution in [1.82, 2.24) is 0 Å².